The number of sulfonamides is 1. The van der Waals surface area contributed by atoms with E-state index in [-0.39, 0.29) is 17.9 Å². The summed E-state index contributed by atoms with van der Waals surface area (Å²) in [5.74, 6) is 0.442. The van der Waals surface area contributed by atoms with Crippen molar-refractivity contribution in [3.63, 3.8) is 0 Å². The van der Waals surface area contributed by atoms with Gasteiger partial charge < -0.3 is 0 Å². The van der Waals surface area contributed by atoms with Crippen LogP contribution in [0.4, 0.5) is 4.39 Å². The summed E-state index contributed by atoms with van der Waals surface area (Å²) in [4.78, 5) is 4.55. The molecule has 1 aliphatic heterocycles. The molecule has 0 amide bonds. The number of halogens is 1. The van der Waals surface area contributed by atoms with E-state index < -0.39 is 10.0 Å². The lowest BCUT2D eigenvalue weighted by atomic mass is 10.0. The third-order valence-corrected chi connectivity index (χ3v) is 7.85. The first-order valence-corrected chi connectivity index (χ1v) is 12.0. The lowest BCUT2D eigenvalue weighted by Gasteiger charge is -2.30. The molecule has 2 atom stereocenters. The fraction of sp³-hybridized carbons (Fsp3) is 0.391. The minimum Gasteiger partial charge on any atom is -0.256 e. The van der Waals surface area contributed by atoms with Crippen molar-refractivity contribution in [3.8, 4) is 0 Å². The molecule has 1 saturated heterocycles. The van der Waals surface area contributed by atoms with Crippen LogP contribution in [0.5, 0.6) is 0 Å². The van der Waals surface area contributed by atoms with Crippen LogP contribution in [0, 0.1) is 12.7 Å². The zero-order valence-corrected chi connectivity index (χ0v) is 18.6. The van der Waals surface area contributed by atoms with Gasteiger partial charge in [-0.2, -0.15) is 9.40 Å². The highest BCUT2D eigenvalue weighted by Crippen LogP contribution is 2.42. The van der Waals surface area contributed by atoms with Gasteiger partial charge in [0.1, 0.15) is 12.1 Å². The molecule has 0 saturated carbocycles. The van der Waals surface area contributed by atoms with E-state index in [4.69, 9.17) is 0 Å². The van der Waals surface area contributed by atoms with E-state index in [1.54, 1.807) is 39.6 Å². The van der Waals surface area contributed by atoms with Gasteiger partial charge in [0.15, 0.2) is 5.82 Å². The van der Waals surface area contributed by atoms with Crippen LogP contribution in [-0.4, -0.2) is 33.5 Å². The Balaban J connectivity index is 1.60. The molecule has 2 heterocycles. The highest BCUT2D eigenvalue weighted by Gasteiger charge is 2.42. The van der Waals surface area contributed by atoms with Crippen molar-refractivity contribution in [1.82, 2.24) is 19.1 Å². The third-order valence-electron chi connectivity index (χ3n) is 5.88. The smallest absolute Gasteiger partial charge is 0.243 e. The molecule has 3 aromatic rings. The first-order valence-electron chi connectivity index (χ1n) is 10.5. The topological polar surface area (TPSA) is 68.1 Å². The number of nitrogens with zero attached hydrogens (tertiary/aromatic N) is 4. The molecule has 31 heavy (non-hydrogen) atoms. The largest absolute Gasteiger partial charge is 0.256 e. The van der Waals surface area contributed by atoms with Crippen molar-refractivity contribution in [2.24, 2.45) is 7.05 Å². The first kappa shape index (κ1) is 21.6. The van der Waals surface area contributed by atoms with Gasteiger partial charge in [-0.3, -0.25) is 4.68 Å². The average Bonchev–Trinajstić information content (AvgIpc) is 3.36. The van der Waals surface area contributed by atoms with Crippen LogP contribution in [0.3, 0.4) is 0 Å². The molecule has 1 aromatic heterocycles. The summed E-state index contributed by atoms with van der Waals surface area (Å²) >= 11 is 0. The van der Waals surface area contributed by atoms with Gasteiger partial charge in [0, 0.05) is 19.5 Å². The number of hydrogen-bond donors (Lipinski definition) is 0. The van der Waals surface area contributed by atoms with Crippen LogP contribution in [0.15, 0.2) is 59.8 Å². The Morgan fingerprint density at radius 2 is 1.77 bits per heavy atom. The fourth-order valence-electron chi connectivity index (χ4n) is 4.32. The molecule has 8 heteroatoms. The molecule has 0 spiro atoms. The Kier molecular flexibility index (Phi) is 6.20. The zero-order chi connectivity index (χ0) is 22.0. The summed E-state index contributed by atoms with van der Waals surface area (Å²) in [6, 6.07) is 12.7. The quantitative estimate of drug-likeness (QED) is 0.551. The minimum atomic E-state index is -3.70. The van der Waals surface area contributed by atoms with Gasteiger partial charge in [-0.15, -0.1) is 0 Å². The number of rotatable bonds is 7. The summed E-state index contributed by atoms with van der Waals surface area (Å²) in [5, 5.41) is 4.31. The molecule has 1 aliphatic rings. The van der Waals surface area contributed by atoms with Gasteiger partial charge in [0.05, 0.1) is 10.9 Å². The van der Waals surface area contributed by atoms with Crippen molar-refractivity contribution < 1.29 is 12.8 Å². The van der Waals surface area contributed by atoms with Crippen LogP contribution in [0.25, 0.3) is 0 Å². The molecule has 0 radical (unpaired) electrons. The van der Waals surface area contributed by atoms with Crippen molar-refractivity contribution in [1.29, 1.82) is 0 Å². The Bertz CT molecular complexity index is 1130. The van der Waals surface area contributed by atoms with Crippen molar-refractivity contribution >= 4 is 10.0 Å². The normalized spacial score (nSPS) is 19.7. The predicted octanol–water partition coefficient (Wildman–Crippen LogP) is 4.18. The van der Waals surface area contributed by atoms with E-state index >= 15 is 0 Å². The molecule has 2 aromatic carbocycles. The Labute approximate surface area is 182 Å². The van der Waals surface area contributed by atoms with E-state index in [1.165, 1.54) is 12.1 Å². The van der Waals surface area contributed by atoms with Crippen LogP contribution in [0.2, 0.25) is 0 Å². The van der Waals surface area contributed by atoms with Crippen LogP contribution in [-0.2, 0) is 23.5 Å². The van der Waals surface area contributed by atoms with E-state index in [0.717, 1.165) is 36.2 Å². The molecule has 0 N–H and O–H groups in total. The lowest BCUT2D eigenvalue weighted by Crippen LogP contribution is -2.37. The molecule has 0 aliphatic carbocycles. The van der Waals surface area contributed by atoms with E-state index in [1.807, 2.05) is 26.1 Å². The minimum absolute atomic E-state index is 0.120. The summed E-state index contributed by atoms with van der Waals surface area (Å²) < 4.78 is 44.1. The molecular weight excluding hydrogens is 415 g/mol. The second-order valence-electron chi connectivity index (χ2n) is 8.17. The number of aryl methyl sites for hydroxylation is 3. The van der Waals surface area contributed by atoms with Crippen molar-refractivity contribution in [2.75, 3.05) is 0 Å². The van der Waals surface area contributed by atoms with E-state index in [0.29, 0.717) is 17.7 Å². The van der Waals surface area contributed by atoms with Crippen molar-refractivity contribution in [3.05, 3.63) is 77.6 Å². The molecule has 4 rings (SSSR count). The van der Waals surface area contributed by atoms with Crippen LogP contribution < -0.4 is 0 Å². The highest BCUT2D eigenvalue weighted by atomic mass is 32.2. The van der Waals surface area contributed by atoms with Gasteiger partial charge in [0.2, 0.25) is 10.0 Å². The molecular formula is C23H27FN4O2S. The maximum absolute atomic E-state index is 13.7. The monoisotopic (exact) mass is 442 g/mol. The second-order valence-corrected chi connectivity index (χ2v) is 10.0. The standard InChI is InChI=1S/C23H27FN4O2S/c1-17-6-13-21(14-7-17)31(29,30)28-20(4-3-5-23-25-16-27(2)26-23)12-15-22(28)18-8-10-19(24)11-9-18/h6-11,13-14,16,20,22H,3-5,12,15H2,1-2H3. The Hall–Kier alpha value is -2.58. The number of benzene rings is 2. The summed E-state index contributed by atoms with van der Waals surface area (Å²) in [6.07, 6.45) is 5.37. The van der Waals surface area contributed by atoms with Crippen LogP contribution >= 0.6 is 0 Å². The summed E-state index contributed by atoms with van der Waals surface area (Å²) in [5.41, 5.74) is 1.83. The van der Waals surface area contributed by atoms with E-state index in [9.17, 15) is 12.8 Å². The first-order chi connectivity index (χ1) is 14.8. The fourth-order valence-corrected chi connectivity index (χ4v) is 6.21. The van der Waals surface area contributed by atoms with Gasteiger partial charge in [-0.25, -0.2) is 17.8 Å². The molecule has 6 nitrogen and oxygen atoms in total. The number of aromatic nitrogens is 3. The third kappa shape index (κ3) is 4.70. The van der Waals surface area contributed by atoms with Gasteiger partial charge in [0.25, 0.3) is 0 Å². The van der Waals surface area contributed by atoms with Gasteiger partial charge in [-0.1, -0.05) is 29.8 Å². The van der Waals surface area contributed by atoms with Gasteiger partial charge in [-0.05, 0) is 62.4 Å². The Morgan fingerprint density at radius 3 is 2.42 bits per heavy atom. The number of hydrogen-bond acceptors (Lipinski definition) is 4. The van der Waals surface area contributed by atoms with Gasteiger partial charge >= 0.3 is 0 Å². The maximum Gasteiger partial charge on any atom is 0.243 e. The highest BCUT2D eigenvalue weighted by molar-refractivity contribution is 7.89. The van der Waals surface area contributed by atoms with Crippen molar-refractivity contribution in [2.45, 2.75) is 56.0 Å². The van der Waals surface area contributed by atoms with Crippen LogP contribution in [0.1, 0.15) is 48.7 Å². The molecule has 1 fully saturated rings. The second kappa shape index (κ2) is 8.88. The summed E-state index contributed by atoms with van der Waals surface area (Å²) in [6.45, 7) is 1.93. The SMILES string of the molecule is Cc1ccc(S(=O)(=O)N2C(CCCc3ncn(C)n3)CCC2c2ccc(F)cc2)cc1. The summed E-state index contributed by atoms with van der Waals surface area (Å²) in [7, 11) is -1.87. The Morgan fingerprint density at radius 1 is 1.06 bits per heavy atom. The average molecular weight is 443 g/mol. The predicted molar refractivity (Wildman–Crippen MR) is 116 cm³/mol. The molecule has 2 unspecified atom stereocenters. The van der Waals surface area contributed by atoms with E-state index in [2.05, 4.69) is 10.1 Å². The molecule has 0 bridgehead atoms. The lowest BCUT2D eigenvalue weighted by molar-refractivity contribution is 0.309. The zero-order valence-electron chi connectivity index (χ0n) is 17.8. The molecule has 164 valence electrons. The maximum atomic E-state index is 13.7.